The second-order valence-electron chi connectivity index (χ2n) is 8.58. The van der Waals surface area contributed by atoms with Crippen LogP contribution in [0.5, 0.6) is 0 Å². The molecule has 3 rings (SSSR count). The van der Waals surface area contributed by atoms with Gasteiger partial charge in [-0.05, 0) is 51.2 Å². The van der Waals surface area contributed by atoms with E-state index in [0.29, 0.717) is 24.8 Å². The molecule has 1 aromatic carbocycles. The molecule has 1 aliphatic carbocycles. The van der Waals surface area contributed by atoms with Crippen LogP contribution < -0.4 is 0 Å². The summed E-state index contributed by atoms with van der Waals surface area (Å²) < 4.78 is 30.7. The van der Waals surface area contributed by atoms with E-state index in [0.717, 1.165) is 6.42 Å². The molecular weight excluding hydrogens is 396 g/mol. The maximum Gasteiger partial charge on any atom is 0.338 e. The Balaban J connectivity index is 1.77. The van der Waals surface area contributed by atoms with Gasteiger partial charge in [0.25, 0.3) is 0 Å². The fraction of sp³-hybridized carbons (Fsp3) is 0.667. The normalized spacial score (nSPS) is 34.6. The minimum absolute atomic E-state index is 0.0999. The Bertz CT molecular complexity index is 821. The van der Waals surface area contributed by atoms with E-state index in [1.54, 1.807) is 44.2 Å². The highest BCUT2D eigenvalue weighted by atomic mass is 32.2. The van der Waals surface area contributed by atoms with Crippen molar-refractivity contribution in [2.24, 2.45) is 5.92 Å². The standard InChI is InChI=1S/C21H30O7S/c1-4-5-11-29(24,25)14-20(2)16-12-17(21(3,23)18(13-16)27-28-20)26-19(22)15-9-7-6-8-10-15/h6-10,16-18,23H,4-5,11-14H2,1-3H3/t16?,17?,18?,20-,21?/m0/s1. The molecule has 2 aliphatic rings. The lowest BCUT2D eigenvalue weighted by atomic mass is 9.69. The first-order valence-corrected chi connectivity index (χ1v) is 11.9. The molecule has 4 unspecified atom stereocenters. The summed E-state index contributed by atoms with van der Waals surface area (Å²) in [5.74, 6) is -0.831. The number of benzene rings is 1. The molecule has 1 aliphatic heterocycles. The molecule has 5 atom stereocenters. The first kappa shape index (κ1) is 22.2. The van der Waals surface area contributed by atoms with Crippen LogP contribution in [0.2, 0.25) is 0 Å². The van der Waals surface area contributed by atoms with Crippen molar-refractivity contribution >= 4 is 15.8 Å². The summed E-state index contributed by atoms with van der Waals surface area (Å²) in [6.07, 6.45) is 0.580. The molecule has 7 nitrogen and oxygen atoms in total. The van der Waals surface area contributed by atoms with Crippen LogP contribution in [0, 0.1) is 5.92 Å². The summed E-state index contributed by atoms with van der Waals surface area (Å²) >= 11 is 0. The van der Waals surface area contributed by atoms with Crippen molar-refractivity contribution in [3.05, 3.63) is 35.9 Å². The molecule has 0 aromatic heterocycles. The molecule has 1 heterocycles. The Morgan fingerprint density at radius 2 is 1.93 bits per heavy atom. The molecule has 0 spiro atoms. The number of sulfone groups is 1. The molecule has 8 heteroatoms. The third-order valence-corrected chi connectivity index (χ3v) is 8.02. The number of unbranched alkanes of at least 4 members (excludes halogenated alkanes) is 1. The second-order valence-corrected chi connectivity index (χ2v) is 10.8. The van der Waals surface area contributed by atoms with Crippen LogP contribution in [0.25, 0.3) is 0 Å². The van der Waals surface area contributed by atoms with Crippen LogP contribution in [-0.2, 0) is 24.3 Å². The van der Waals surface area contributed by atoms with E-state index < -0.39 is 39.2 Å². The molecular formula is C21H30O7S. The SMILES string of the molecule is CCCCS(=O)(=O)C[C@]1(C)OOC2CC1CC(OC(=O)c1ccccc1)C2(C)O. The molecule has 162 valence electrons. The maximum atomic E-state index is 12.5. The second kappa shape index (κ2) is 8.34. The number of fused-ring (bicyclic) bond motifs is 2. The molecule has 29 heavy (non-hydrogen) atoms. The highest BCUT2D eigenvalue weighted by Crippen LogP contribution is 2.47. The van der Waals surface area contributed by atoms with E-state index in [4.69, 9.17) is 14.5 Å². The molecule has 0 radical (unpaired) electrons. The number of hydrogen-bond donors (Lipinski definition) is 1. The van der Waals surface area contributed by atoms with Crippen molar-refractivity contribution in [1.82, 2.24) is 0 Å². The van der Waals surface area contributed by atoms with Crippen LogP contribution in [0.3, 0.4) is 0 Å². The smallest absolute Gasteiger partial charge is 0.338 e. The predicted molar refractivity (Wildman–Crippen MR) is 107 cm³/mol. The number of rotatable bonds is 7. The number of hydrogen-bond acceptors (Lipinski definition) is 7. The first-order valence-electron chi connectivity index (χ1n) is 10.1. The number of aliphatic hydroxyl groups is 1. The van der Waals surface area contributed by atoms with Crippen molar-refractivity contribution in [2.75, 3.05) is 11.5 Å². The fourth-order valence-corrected chi connectivity index (χ4v) is 6.15. The number of carbonyl (C=O) groups excluding carboxylic acids is 1. The molecule has 1 aromatic rings. The largest absolute Gasteiger partial charge is 0.456 e. The zero-order valence-corrected chi connectivity index (χ0v) is 18.0. The quantitative estimate of drug-likeness (QED) is 0.529. The predicted octanol–water partition coefficient (Wildman–Crippen LogP) is 2.68. The van der Waals surface area contributed by atoms with E-state index >= 15 is 0 Å². The van der Waals surface area contributed by atoms with E-state index in [2.05, 4.69) is 0 Å². The lowest BCUT2D eigenvalue weighted by Crippen LogP contribution is -2.64. The number of esters is 1. The number of ether oxygens (including phenoxy) is 1. The van der Waals surface area contributed by atoms with E-state index in [1.165, 1.54) is 0 Å². The van der Waals surface area contributed by atoms with Crippen LogP contribution in [0.4, 0.5) is 0 Å². The van der Waals surface area contributed by atoms with Gasteiger partial charge < -0.3 is 9.84 Å². The molecule has 0 amide bonds. The zero-order chi connectivity index (χ0) is 21.3. The van der Waals surface area contributed by atoms with Crippen LogP contribution in [0.1, 0.15) is 56.8 Å². The van der Waals surface area contributed by atoms with Crippen molar-refractivity contribution in [3.63, 3.8) is 0 Å². The monoisotopic (exact) mass is 426 g/mol. The highest BCUT2D eigenvalue weighted by molar-refractivity contribution is 7.91. The Morgan fingerprint density at radius 3 is 2.59 bits per heavy atom. The summed E-state index contributed by atoms with van der Waals surface area (Å²) in [5, 5.41) is 11.0. The van der Waals surface area contributed by atoms with Gasteiger partial charge in [0.05, 0.1) is 17.1 Å². The van der Waals surface area contributed by atoms with E-state index in [1.807, 2.05) is 6.92 Å². The Kier molecular flexibility index (Phi) is 6.38. The summed E-state index contributed by atoms with van der Waals surface area (Å²) in [6.45, 7) is 5.21. The topological polar surface area (TPSA) is 99.1 Å². The van der Waals surface area contributed by atoms with Crippen molar-refractivity contribution in [2.45, 2.75) is 69.9 Å². The Hall–Kier alpha value is -1.48. The van der Waals surface area contributed by atoms with E-state index in [-0.39, 0.29) is 17.4 Å². The van der Waals surface area contributed by atoms with Gasteiger partial charge in [-0.3, -0.25) is 0 Å². The van der Waals surface area contributed by atoms with Crippen LogP contribution in [0.15, 0.2) is 30.3 Å². The van der Waals surface area contributed by atoms with Crippen LogP contribution in [-0.4, -0.2) is 54.4 Å². The minimum atomic E-state index is -3.33. The van der Waals surface area contributed by atoms with Gasteiger partial charge >= 0.3 is 5.97 Å². The van der Waals surface area contributed by atoms with Gasteiger partial charge in [0.2, 0.25) is 0 Å². The van der Waals surface area contributed by atoms with Gasteiger partial charge in [-0.15, -0.1) is 0 Å². The summed E-state index contributed by atoms with van der Waals surface area (Å²) in [6, 6.07) is 8.56. The molecule has 1 saturated heterocycles. The first-order chi connectivity index (χ1) is 13.6. The third kappa shape index (κ3) is 4.82. The Morgan fingerprint density at radius 1 is 1.24 bits per heavy atom. The summed E-state index contributed by atoms with van der Waals surface area (Å²) in [4.78, 5) is 23.5. The van der Waals surface area contributed by atoms with Gasteiger partial charge in [0.1, 0.15) is 23.4 Å². The van der Waals surface area contributed by atoms with Gasteiger partial charge in [-0.25, -0.2) is 23.0 Å². The average Bonchev–Trinajstić information content (AvgIpc) is 2.66. The van der Waals surface area contributed by atoms with E-state index in [9.17, 15) is 18.3 Å². The molecule has 1 saturated carbocycles. The zero-order valence-electron chi connectivity index (χ0n) is 17.2. The lowest BCUT2D eigenvalue weighted by molar-refractivity contribution is -0.448. The van der Waals surface area contributed by atoms with Crippen molar-refractivity contribution < 1.29 is 32.8 Å². The van der Waals surface area contributed by atoms with Gasteiger partial charge in [-0.2, -0.15) is 0 Å². The lowest BCUT2D eigenvalue weighted by Gasteiger charge is -2.53. The maximum absolute atomic E-state index is 12.5. The molecule has 1 N–H and O–H groups in total. The summed E-state index contributed by atoms with van der Waals surface area (Å²) in [5.41, 5.74) is -2.11. The van der Waals surface area contributed by atoms with Crippen molar-refractivity contribution in [3.8, 4) is 0 Å². The molecule has 2 fully saturated rings. The van der Waals surface area contributed by atoms with Crippen LogP contribution >= 0.6 is 0 Å². The fourth-order valence-electron chi connectivity index (χ4n) is 4.12. The minimum Gasteiger partial charge on any atom is -0.456 e. The molecule has 2 bridgehead atoms. The van der Waals surface area contributed by atoms with Crippen molar-refractivity contribution in [1.29, 1.82) is 0 Å². The van der Waals surface area contributed by atoms with Gasteiger partial charge in [0.15, 0.2) is 9.84 Å². The summed E-state index contributed by atoms with van der Waals surface area (Å²) in [7, 11) is -3.33. The highest BCUT2D eigenvalue weighted by Gasteiger charge is 2.58. The Labute approximate surface area is 172 Å². The third-order valence-electron chi connectivity index (χ3n) is 6.09. The number of carbonyl (C=O) groups is 1. The van der Waals surface area contributed by atoms with Gasteiger partial charge in [0, 0.05) is 0 Å². The average molecular weight is 427 g/mol. The van der Waals surface area contributed by atoms with Gasteiger partial charge in [-0.1, -0.05) is 31.5 Å².